The Balaban J connectivity index is 1.39. The molecule has 30 heavy (non-hydrogen) atoms. The summed E-state index contributed by atoms with van der Waals surface area (Å²) in [4.78, 5) is 12.7. The summed E-state index contributed by atoms with van der Waals surface area (Å²) in [5.41, 5.74) is 1.94. The van der Waals surface area contributed by atoms with Crippen molar-refractivity contribution in [1.29, 1.82) is 0 Å². The number of fused-ring (bicyclic) bond motifs is 7. The van der Waals surface area contributed by atoms with E-state index in [1.165, 1.54) is 0 Å². The third-order valence-electron chi connectivity index (χ3n) is 6.57. The van der Waals surface area contributed by atoms with Crippen LogP contribution in [0.25, 0.3) is 21.5 Å². The van der Waals surface area contributed by atoms with Crippen molar-refractivity contribution in [2.45, 2.75) is 31.1 Å². The molecule has 2 unspecified atom stereocenters. The molecule has 4 aromatic carbocycles. The number of hydrogen-bond acceptors (Lipinski definition) is 4. The average molecular weight is 396 g/mol. The van der Waals surface area contributed by atoms with Crippen LogP contribution in [0.3, 0.4) is 0 Å². The quantitative estimate of drug-likeness (QED) is 0.305. The number of carbonyl (C=O) groups is 1. The normalized spacial score (nSPS) is 19.2. The zero-order chi connectivity index (χ0) is 20.2. The van der Waals surface area contributed by atoms with Gasteiger partial charge in [-0.1, -0.05) is 54.6 Å². The van der Waals surface area contributed by atoms with Crippen molar-refractivity contribution in [2.24, 2.45) is 0 Å². The predicted octanol–water partition coefficient (Wildman–Crippen LogP) is 6.64. The standard InChI is InChI=1S/C26H20O4/c27-24-20-7-3-4-8-21(20)25(23-18-10-9-17(13-18)22(23)24)30-26(28)29-19-12-11-15-5-1-2-6-16(15)14-19/h1-8,11-12,14,17-18,27H,9-10,13H2. The van der Waals surface area contributed by atoms with Crippen LogP contribution in [-0.4, -0.2) is 11.3 Å². The van der Waals surface area contributed by atoms with Gasteiger partial charge in [-0.2, -0.15) is 0 Å². The molecular weight excluding hydrogens is 376 g/mol. The molecule has 2 bridgehead atoms. The third kappa shape index (κ3) is 2.57. The zero-order valence-electron chi connectivity index (χ0n) is 16.3. The predicted molar refractivity (Wildman–Crippen MR) is 116 cm³/mol. The molecule has 2 atom stereocenters. The summed E-state index contributed by atoms with van der Waals surface area (Å²) in [6.07, 6.45) is 2.39. The minimum absolute atomic E-state index is 0.323. The van der Waals surface area contributed by atoms with Gasteiger partial charge in [0.25, 0.3) is 0 Å². The Bertz CT molecular complexity index is 1320. The fourth-order valence-corrected chi connectivity index (χ4v) is 5.29. The van der Waals surface area contributed by atoms with Crippen LogP contribution in [0.2, 0.25) is 0 Å². The van der Waals surface area contributed by atoms with Gasteiger partial charge in [-0.05, 0) is 54.0 Å². The average Bonchev–Trinajstić information content (AvgIpc) is 3.39. The summed E-state index contributed by atoms with van der Waals surface area (Å²) in [5, 5.41) is 14.5. The number of aromatic hydroxyl groups is 1. The molecule has 0 spiro atoms. The monoisotopic (exact) mass is 396 g/mol. The highest BCUT2D eigenvalue weighted by atomic mass is 16.7. The Morgan fingerprint density at radius 1 is 0.800 bits per heavy atom. The fraction of sp³-hybridized carbons (Fsp3) is 0.192. The topological polar surface area (TPSA) is 55.8 Å². The molecule has 1 N–H and O–H groups in total. The van der Waals surface area contributed by atoms with Crippen molar-refractivity contribution in [3.8, 4) is 17.2 Å². The van der Waals surface area contributed by atoms with Gasteiger partial charge in [0, 0.05) is 21.9 Å². The van der Waals surface area contributed by atoms with Crippen LogP contribution in [0.1, 0.15) is 42.2 Å². The second-order valence-corrected chi connectivity index (χ2v) is 8.22. The summed E-state index contributed by atoms with van der Waals surface area (Å²) >= 11 is 0. The van der Waals surface area contributed by atoms with Crippen LogP contribution in [0.15, 0.2) is 66.7 Å². The molecule has 148 valence electrons. The van der Waals surface area contributed by atoms with Crippen LogP contribution in [0.4, 0.5) is 4.79 Å². The van der Waals surface area contributed by atoms with Gasteiger partial charge in [0.15, 0.2) is 0 Å². The first kappa shape index (κ1) is 17.3. The maximum absolute atomic E-state index is 12.7. The molecule has 0 aliphatic heterocycles. The molecule has 0 aromatic heterocycles. The lowest BCUT2D eigenvalue weighted by atomic mass is 9.87. The van der Waals surface area contributed by atoms with E-state index in [0.717, 1.165) is 51.9 Å². The molecule has 1 fully saturated rings. The third-order valence-corrected chi connectivity index (χ3v) is 6.57. The first-order valence-corrected chi connectivity index (χ1v) is 10.3. The SMILES string of the molecule is O=C(Oc1ccc2ccccc2c1)Oc1c2c(c(O)c3ccccc13)C1CCC2C1. The Morgan fingerprint density at radius 2 is 1.50 bits per heavy atom. The van der Waals surface area contributed by atoms with E-state index in [4.69, 9.17) is 9.47 Å². The number of phenols is 1. The summed E-state index contributed by atoms with van der Waals surface area (Å²) in [6.45, 7) is 0. The summed E-state index contributed by atoms with van der Waals surface area (Å²) in [5.74, 6) is 1.98. The minimum Gasteiger partial charge on any atom is -0.507 e. The van der Waals surface area contributed by atoms with E-state index < -0.39 is 6.16 Å². The molecule has 4 nitrogen and oxygen atoms in total. The van der Waals surface area contributed by atoms with Gasteiger partial charge in [0.2, 0.25) is 0 Å². The number of phenolic OH excluding ortho intramolecular Hbond substituents is 1. The molecule has 1 saturated carbocycles. The molecule has 6 rings (SSSR count). The fourth-order valence-electron chi connectivity index (χ4n) is 5.29. The van der Waals surface area contributed by atoms with Gasteiger partial charge in [-0.3, -0.25) is 0 Å². The Labute approximate surface area is 173 Å². The van der Waals surface area contributed by atoms with E-state index in [1.807, 2.05) is 60.7 Å². The van der Waals surface area contributed by atoms with Crippen molar-refractivity contribution in [2.75, 3.05) is 0 Å². The smallest absolute Gasteiger partial charge is 0.507 e. The lowest BCUT2D eigenvalue weighted by molar-refractivity contribution is 0.152. The maximum atomic E-state index is 12.7. The summed E-state index contributed by atoms with van der Waals surface area (Å²) < 4.78 is 11.3. The Morgan fingerprint density at radius 3 is 2.33 bits per heavy atom. The number of rotatable bonds is 2. The lowest BCUT2D eigenvalue weighted by Gasteiger charge is -2.22. The number of carbonyl (C=O) groups excluding carboxylic acids is 1. The molecule has 2 aliphatic carbocycles. The Kier molecular flexibility index (Phi) is 3.75. The highest BCUT2D eigenvalue weighted by Gasteiger charge is 2.42. The van der Waals surface area contributed by atoms with Gasteiger partial charge in [0.05, 0.1) is 0 Å². The molecule has 0 amide bonds. The second-order valence-electron chi connectivity index (χ2n) is 8.22. The van der Waals surface area contributed by atoms with Crippen LogP contribution < -0.4 is 9.47 Å². The lowest BCUT2D eigenvalue weighted by Crippen LogP contribution is -2.16. The van der Waals surface area contributed by atoms with Gasteiger partial charge in [0.1, 0.15) is 17.2 Å². The summed E-state index contributed by atoms with van der Waals surface area (Å²) in [6, 6.07) is 21.0. The highest BCUT2D eigenvalue weighted by Crippen LogP contribution is 2.60. The number of hydrogen-bond donors (Lipinski definition) is 1. The van der Waals surface area contributed by atoms with Crippen molar-refractivity contribution in [1.82, 2.24) is 0 Å². The molecule has 2 aliphatic rings. The molecular formula is C26H20O4. The van der Waals surface area contributed by atoms with E-state index in [9.17, 15) is 9.90 Å². The number of benzene rings is 4. The van der Waals surface area contributed by atoms with Gasteiger partial charge in [-0.25, -0.2) is 4.79 Å². The van der Waals surface area contributed by atoms with Crippen LogP contribution >= 0.6 is 0 Å². The second kappa shape index (κ2) is 6.49. The van der Waals surface area contributed by atoms with Crippen molar-refractivity contribution >= 4 is 27.7 Å². The number of ether oxygens (including phenoxy) is 2. The maximum Gasteiger partial charge on any atom is 0.519 e. The molecule has 4 aromatic rings. The largest absolute Gasteiger partial charge is 0.519 e. The van der Waals surface area contributed by atoms with Crippen LogP contribution in [0.5, 0.6) is 17.2 Å². The van der Waals surface area contributed by atoms with E-state index in [2.05, 4.69) is 0 Å². The van der Waals surface area contributed by atoms with Gasteiger partial charge >= 0.3 is 6.16 Å². The molecule has 0 saturated heterocycles. The zero-order valence-corrected chi connectivity index (χ0v) is 16.3. The van der Waals surface area contributed by atoms with Crippen molar-refractivity contribution in [3.05, 3.63) is 77.9 Å². The summed E-state index contributed by atoms with van der Waals surface area (Å²) in [7, 11) is 0. The minimum atomic E-state index is -0.758. The van der Waals surface area contributed by atoms with E-state index >= 15 is 0 Å². The van der Waals surface area contributed by atoms with E-state index in [0.29, 0.717) is 29.1 Å². The molecule has 4 heteroatoms. The van der Waals surface area contributed by atoms with Crippen molar-refractivity contribution < 1.29 is 19.4 Å². The van der Waals surface area contributed by atoms with Crippen molar-refractivity contribution in [3.63, 3.8) is 0 Å². The highest BCUT2D eigenvalue weighted by molar-refractivity contribution is 5.98. The van der Waals surface area contributed by atoms with Gasteiger partial charge < -0.3 is 14.6 Å². The van der Waals surface area contributed by atoms with Crippen LogP contribution in [-0.2, 0) is 0 Å². The van der Waals surface area contributed by atoms with Crippen LogP contribution in [0, 0.1) is 0 Å². The first-order chi connectivity index (χ1) is 14.7. The first-order valence-electron chi connectivity index (χ1n) is 10.3. The van der Waals surface area contributed by atoms with E-state index in [-0.39, 0.29) is 0 Å². The van der Waals surface area contributed by atoms with Gasteiger partial charge in [-0.15, -0.1) is 0 Å². The molecule has 0 heterocycles. The van der Waals surface area contributed by atoms with E-state index in [1.54, 1.807) is 6.07 Å². The molecule has 0 radical (unpaired) electrons. The Hall–Kier alpha value is -3.53.